The van der Waals surface area contributed by atoms with Gasteiger partial charge in [0.15, 0.2) is 0 Å². The summed E-state index contributed by atoms with van der Waals surface area (Å²) in [5.41, 5.74) is 8.92. The number of benzene rings is 1. The Morgan fingerprint density at radius 3 is 2.35 bits per heavy atom. The summed E-state index contributed by atoms with van der Waals surface area (Å²) in [6.45, 7) is 4.67. The molecule has 1 aliphatic rings. The first kappa shape index (κ1) is 15.7. The van der Waals surface area contributed by atoms with E-state index in [4.69, 9.17) is 5.73 Å². The molecular weight excluding hydrogens is 286 g/mol. The number of aromatic nitrogens is 1. The Balaban J connectivity index is 1.74. The lowest BCUT2D eigenvalue weighted by molar-refractivity contribution is 0.1000. The SMILES string of the molecule is C[C@H](c1ccc(-c2ccc(C(N)=O)cn2)cc1)N1CCCCC1. The number of hydrogen-bond acceptors (Lipinski definition) is 3. The number of carbonyl (C=O) groups excluding carboxylic acids is 1. The van der Waals surface area contributed by atoms with Crippen LogP contribution in [0.5, 0.6) is 0 Å². The van der Waals surface area contributed by atoms with Crippen molar-refractivity contribution < 1.29 is 4.79 Å². The van der Waals surface area contributed by atoms with E-state index in [9.17, 15) is 4.79 Å². The number of nitrogens with zero attached hydrogens (tertiary/aromatic N) is 2. The second-order valence-corrected chi connectivity index (χ2v) is 6.19. The van der Waals surface area contributed by atoms with Crippen molar-refractivity contribution >= 4 is 5.91 Å². The van der Waals surface area contributed by atoms with Crippen molar-refractivity contribution in [3.8, 4) is 11.3 Å². The van der Waals surface area contributed by atoms with Gasteiger partial charge < -0.3 is 5.73 Å². The fourth-order valence-electron chi connectivity index (χ4n) is 3.16. The molecule has 1 atom stereocenters. The molecule has 2 aromatic rings. The Hall–Kier alpha value is -2.20. The highest BCUT2D eigenvalue weighted by molar-refractivity contribution is 5.92. The number of carbonyl (C=O) groups is 1. The van der Waals surface area contributed by atoms with Crippen molar-refractivity contribution in [2.45, 2.75) is 32.2 Å². The molecule has 0 saturated carbocycles. The zero-order valence-electron chi connectivity index (χ0n) is 13.5. The maximum Gasteiger partial charge on any atom is 0.250 e. The number of likely N-dealkylation sites (tertiary alicyclic amines) is 1. The molecular formula is C19H23N3O. The van der Waals surface area contributed by atoms with Crippen LogP contribution in [0.3, 0.4) is 0 Å². The molecule has 1 aliphatic heterocycles. The van der Waals surface area contributed by atoms with Crippen LogP contribution in [0, 0.1) is 0 Å². The summed E-state index contributed by atoms with van der Waals surface area (Å²) in [5, 5.41) is 0. The smallest absolute Gasteiger partial charge is 0.250 e. The van der Waals surface area contributed by atoms with Gasteiger partial charge in [0.1, 0.15) is 0 Å². The van der Waals surface area contributed by atoms with Crippen molar-refractivity contribution in [3.05, 3.63) is 53.7 Å². The number of nitrogens with two attached hydrogens (primary N) is 1. The Labute approximate surface area is 137 Å². The first-order chi connectivity index (χ1) is 11.1. The lowest BCUT2D eigenvalue weighted by Crippen LogP contribution is -2.32. The monoisotopic (exact) mass is 309 g/mol. The van der Waals surface area contributed by atoms with E-state index in [1.54, 1.807) is 6.07 Å². The van der Waals surface area contributed by atoms with Gasteiger partial charge in [-0.1, -0.05) is 30.7 Å². The highest BCUT2D eigenvalue weighted by Gasteiger charge is 2.18. The van der Waals surface area contributed by atoms with Gasteiger partial charge in [-0.2, -0.15) is 0 Å². The molecule has 0 unspecified atom stereocenters. The van der Waals surface area contributed by atoms with Crippen LogP contribution in [-0.4, -0.2) is 28.9 Å². The molecule has 2 N–H and O–H groups in total. The highest BCUT2D eigenvalue weighted by atomic mass is 16.1. The van der Waals surface area contributed by atoms with Gasteiger partial charge >= 0.3 is 0 Å². The molecule has 0 bridgehead atoms. The molecule has 0 spiro atoms. The molecule has 23 heavy (non-hydrogen) atoms. The molecule has 1 aromatic carbocycles. The van der Waals surface area contributed by atoms with Crippen molar-refractivity contribution in [1.29, 1.82) is 0 Å². The summed E-state index contributed by atoms with van der Waals surface area (Å²) >= 11 is 0. The quantitative estimate of drug-likeness (QED) is 0.941. The summed E-state index contributed by atoms with van der Waals surface area (Å²) in [5.74, 6) is -0.449. The first-order valence-corrected chi connectivity index (χ1v) is 8.25. The average Bonchev–Trinajstić information content (AvgIpc) is 2.62. The predicted molar refractivity (Wildman–Crippen MR) is 92.0 cm³/mol. The van der Waals surface area contributed by atoms with Crippen molar-refractivity contribution in [2.24, 2.45) is 5.73 Å². The van der Waals surface area contributed by atoms with E-state index in [2.05, 4.69) is 41.1 Å². The molecule has 120 valence electrons. The van der Waals surface area contributed by atoms with Crippen LogP contribution < -0.4 is 5.73 Å². The fraction of sp³-hybridized carbons (Fsp3) is 0.368. The Kier molecular flexibility index (Phi) is 4.72. The normalized spacial score (nSPS) is 16.9. The highest BCUT2D eigenvalue weighted by Crippen LogP contribution is 2.26. The number of piperidine rings is 1. The summed E-state index contributed by atoms with van der Waals surface area (Å²) in [4.78, 5) is 18.0. The minimum Gasteiger partial charge on any atom is -0.366 e. The zero-order chi connectivity index (χ0) is 16.2. The maximum absolute atomic E-state index is 11.1. The van der Waals surface area contributed by atoms with E-state index in [-0.39, 0.29) is 0 Å². The number of pyridine rings is 1. The molecule has 2 heterocycles. The Morgan fingerprint density at radius 1 is 1.09 bits per heavy atom. The number of primary amides is 1. The van der Waals surface area contributed by atoms with E-state index in [0.717, 1.165) is 11.3 Å². The fourth-order valence-corrected chi connectivity index (χ4v) is 3.16. The second-order valence-electron chi connectivity index (χ2n) is 6.19. The van der Waals surface area contributed by atoms with Crippen molar-refractivity contribution in [1.82, 2.24) is 9.88 Å². The van der Waals surface area contributed by atoms with Crippen LogP contribution in [0.25, 0.3) is 11.3 Å². The molecule has 3 rings (SSSR count). The maximum atomic E-state index is 11.1. The summed E-state index contributed by atoms with van der Waals surface area (Å²) in [6.07, 6.45) is 5.49. The molecule has 1 amide bonds. The van der Waals surface area contributed by atoms with Gasteiger partial charge in [-0.25, -0.2) is 0 Å². The number of hydrogen-bond donors (Lipinski definition) is 1. The predicted octanol–water partition coefficient (Wildman–Crippen LogP) is 3.39. The van der Waals surface area contributed by atoms with Gasteiger partial charge in [0.2, 0.25) is 5.91 Å². The van der Waals surface area contributed by atoms with Crippen LogP contribution >= 0.6 is 0 Å². The largest absolute Gasteiger partial charge is 0.366 e. The van der Waals surface area contributed by atoms with Crippen molar-refractivity contribution in [3.63, 3.8) is 0 Å². The van der Waals surface area contributed by atoms with Crippen LogP contribution in [0.15, 0.2) is 42.6 Å². The molecule has 4 nitrogen and oxygen atoms in total. The molecule has 4 heteroatoms. The van der Waals surface area contributed by atoms with Crippen LogP contribution in [0.4, 0.5) is 0 Å². The van der Waals surface area contributed by atoms with E-state index < -0.39 is 5.91 Å². The lowest BCUT2D eigenvalue weighted by Gasteiger charge is -2.32. The van der Waals surface area contributed by atoms with Gasteiger partial charge in [-0.3, -0.25) is 14.7 Å². The Bertz CT molecular complexity index is 658. The third kappa shape index (κ3) is 3.59. The number of amides is 1. The standard InChI is InChI=1S/C19H23N3O/c1-14(22-11-3-2-4-12-22)15-5-7-16(8-6-15)18-10-9-17(13-21-18)19(20)23/h5-10,13-14H,2-4,11-12H2,1H3,(H2,20,23)/t14-/m1/s1. The van der Waals surface area contributed by atoms with Crippen LogP contribution in [-0.2, 0) is 0 Å². The third-order valence-electron chi connectivity index (χ3n) is 4.68. The number of rotatable bonds is 4. The summed E-state index contributed by atoms with van der Waals surface area (Å²) in [7, 11) is 0. The molecule has 0 aliphatic carbocycles. The third-order valence-corrected chi connectivity index (χ3v) is 4.68. The van der Waals surface area contributed by atoms with E-state index in [1.165, 1.54) is 44.1 Å². The van der Waals surface area contributed by atoms with E-state index in [1.807, 2.05) is 6.07 Å². The minimum absolute atomic E-state index is 0.434. The molecule has 1 fully saturated rings. The van der Waals surface area contributed by atoms with Crippen LogP contribution in [0.2, 0.25) is 0 Å². The van der Waals surface area contributed by atoms with Gasteiger partial charge in [0.05, 0.1) is 11.3 Å². The lowest BCUT2D eigenvalue weighted by atomic mass is 10.0. The van der Waals surface area contributed by atoms with E-state index >= 15 is 0 Å². The van der Waals surface area contributed by atoms with Gasteiger partial charge in [-0.15, -0.1) is 0 Å². The van der Waals surface area contributed by atoms with Crippen LogP contribution in [0.1, 0.15) is 48.1 Å². The average molecular weight is 309 g/mol. The van der Waals surface area contributed by atoms with E-state index in [0.29, 0.717) is 11.6 Å². The van der Waals surface area contributed by atoms with Gasteiger partial charge in [0.25, 0.3) is 0 Å². The molecule has 1 saturated heterocycles. The molecule has 1 aromatic heterocycles. The second kappa shape index (κ2) is 6.92. The topological polar surface area (TPSA) is 59.2 Å². The first-order valence-electron chi connectivity index (χ1n) is 8.25. The van der Waals surface area contributed by atoms with Gasteiger partial charge in [0, 0.05) is 17.8 Å². The summed E-state index contributed by atoms with van der Waals surface area (Å²) in [6, 6.07) is 12.6. The molecule has 0 radical (unpaired) electrons. The minimum atomic E-state index is -0.449. The zero-order valence-corrected chi connectivity index (χ0v) is 13.5. The Morgan fingerprint density at radius 2 is 1.78 bits per heavy atom. The van der Waals surface area contributed by atoms with Crippen molar-refractivity contribution in [2.75, 3.05) is 13.1 Å². The summed E-state index contributed by atoms with van der Waals surface area (Å²) < 4.78 is 0. The van der Waals surface area contributed by atoms with Gasteiger partial charge in [-0.05, 0) is 50.6 Å².